The minimum atomic E-state index is -0.467. The number of carbonyl (C=O) groups is 2. The van der Waals surface area contributed by atoms with Crippen LogP contribution in [0.4, 0.5) is 4.39 Å². The summed E-state index contributed by atoms with van der Waals surface area (Å²) in [6, 6.07) is 9.29. The first-order valence-electron chi connectivity index (χ1n) is 8.80. The maximum absolute atomic E-state index is 13.3. The van der Waals surface area contributed by atoms with Crippen LogP contribution >= 0.6 is 0 Å². The highest BCUT2D eigenvalue weighted by Gasteiger charge is 2.30. The van der Waals surface area contributed by atoms with Crippen molar-refractivity contribution in [3.8, 4) is 0 Å². The van der Waals surface area contributed by atoms with Crippen molar-refractivity contribution in [2.75, 3.05) is 6.54 Å². The second-order valence-electron chi connectivity index (χ2n) is 6.42. The molecule has 1 aromatic carbocycles. The highest BCUT2D eigenvalue weighted by Crippen LogP contribution is 2.25. The summed E-state index contributed by atoms with van der Waals surface area (Å²) in [5.41, 5.74) is 1.87. The third-order valence-electron chi connectivity index (χ3n) is 4.45. The average Bonchev–Trinajstić information content (AvgIpc) is 3.27. The number of rotatable bonds is 5. The first kappa shape index (κ1) is 17.8. The number of nitrogens with zero attached hydrogens (tertiary/aromatic N) is 3. The molecule has 3 heterocycles. The predicted octanol–water partition coefficient (Wildman–Crippen LogP) is 2.34. The van der Waals surface area contributed by atoms with Gasteiger partial charge in [0.15, 0.2) is 0 Å². The van der Waals surface area contributed by atoms with E-state index in [2.05, 4.69) is 15.3 Å². The van der Waals surface area contributed by atoms with E-state index in [1.807, 2.05) is 12.1 Å². The molecule has 8 heteroatoms. The summed E-state index contributed by atoms with van der Waals surface area (Å²) in [7, 11) is 0. The van der Waals surface area contributed by atoms with Gasteiger partial charge in [-0.2, -0.15) is 0 Å². The Balaban J connectivity index is 1.34. The van der Waals surface area contributed by atoms with E-state index in [4.69, 9.17) is 4.42 Å². The summed E-state index contributed by atoms with van der Waals surface area (Å²) in [4.78, 5) is 34.3. The molecule has 0 saturated carbocycles. The van der Waals surface area contributed by atoms with Gasteiger partial charge in [-0.25, -0.2) is 9.37 Å². The Morgan fingerprint density at radius 1 is 1.18 bits per heavy atom. The standard InChI is InChI=1S/C20H17FN4O3/c21-15-3-1-2-14(10-15)20(27)25-11-16-17(12-25)28-19(24-16)18(26)23-9-6-13-4-7-22-8-5-13/h1-5,7-8,10H,6,9,11-12H2,(H,23,26). The molecule has 0 bridgehead atoms. The van der Waals surface area contributed by atoms with E-state index in [1.54, 1.807) is 18.5 Å². The van der Waals surface area contributed by atoms with Gasteiger partial charge in [0.1, 0.15) is 17.3 Å². The number of nitrogens with one attached hydrogen (secondary N) is 1. The van der Waals surface area contributed by atoms with E-state index in [0.717, 1.165) is 5.56 Å². The van der Waals surface area contributed by atoms with Crippen molar-refractivity contribution in [3.63, 3.8) is 0 Å². The number of halogens is 1. The second kappa shape index (κ2) is 7.59. The third-order valence-corrected chi connectivity index (χ3v) is 4.45. The fourth-order valence-corrected chi connectivity index (χ4v) is 3.03. The molecular weight excluding hydrogens is 363 g/mol. The van der Waals surface area contributed by atoms with Gasteiger partial charge >= 0.3 is 5.91 Å². The first-order chi connectivity index (χ1) is 13.6. The van der Waals surface area contributed by atoms with E-state index < -0.39 is 11.7 Å². The Hall–Kier alpha value is -3.55. The van der Waals surface area contributed by atoms with E-state index in [9.17, 15) is 14.0 Å². The number of hydrogen-bond donors (Lipinski definition) is 1. The zero-order valence-electron chi connectivity index (χ0n) is 14.9. The fourth-order valence-electron chi connectivity index (χ4n) is 3.03. The summed E-state index contributed by atoms with van der Waals surface area (Å²) in [6.07, 6.45) is 4.07. The van der Waals surface area contributed by atoms with Gasteiger partial charge in [-0.1, -0.05) is 6.07 Å². The van der Waals surface area contributed by atoms with Crippen LogP contribution in [0.3, 0.4) is 0 Å². The molecular formula is C20H17FN4O3. The Bertz CT molecular complexity index is 996. The summed E-state index contributed by atoms with van der Waals surface area (Å²) in [5.74, 6) is -0.713. The molecule has 2 amide bonds. The zero-order valence-corrected chi connectivity index (χ0v) is 14.9. The lowest BCUT2D eigenvalue weighted by Gasteiger charge is -2.15. The van der Waals surface area contributed by atoms with Crippen molar-refractivity contribution in [2.45, 2.75) is 19.5 Å². The number of carbonyl (C=O) groups excluding carboxylic acids is 2. The van der Waals surface area contributed by atoms with Crippen LogP contribution in [0, 0.1) is 5.82 Å². The van der Waals surface area contributed by atoms with Crippen LogP contribution in [0.25, 0.3) is 0 Å². The van der Waals surface area contributed by atoms with Crippen LogP contribution in [-0.4, -0.2) is 33.2 Å². The molecule has 1 aliphatic rings. The molecule has 142 valence electrons. The molecule has 0 unspecified atom stereocenters. The average molecular weight is 380 g/mol. The molecule has 2 aromatic heterocycles. The lowest BCUT2D eigenvalue weighted by molar-refractivity contribution is 0.0740. The van der Waals surface area contributed by atoms with Gasteiger partial charge < -0.3 is 14.6 Å². The number of oxazole rings is 1. The highest BCUT2D eigenvalue weighted by molar-refractivity contribution is 5.94. The number of amides is 2. The van der Waals surface area contributed by atoms with E-state index in [0.29, 0.717) is 24.4 Å². The largest absolute Gasteiger partial charge is 0.435 e. The second-order valence-corrected chi connectivity index (χ2v) is 6.42. The van der Waals surface area contributed by atoms with Gasteiger partial charge in [0, 0.05) is 24.5 Å². The smallest absolute Gasteiger partial charge is 0.307 e. The Kier molecular flexibility index (Phi) is 4.84. The van der Waals surface area contributed by atoms with Crippen LogP contribution in [0.5, 0.6) is 0 Å². The molecule has 7 nitrogen and oxygen atoms in total. The minimum absolute atomic E-state index is 0.0161. The van der Waals surface area contributed by atoms with Crippen molar-refractivity contribution in [3.05, 3.63) is 83.1 Å². The number of benzene rings is 1. The molecule has 0 fully saturated rings. The van der Waals surface area contributed by atoms with Gasteiger partial charge in [-0.3, -0.25) is 14.6 Å². The topological polar surface area (TPSA) is 88.3 Å². The fraction of sp³-hybridized carbons (Fsp3) is 0.200. The van der Waals surface area contributed by atoms with Crippen LogP contribution in [-0.2, 0) is 19.5 Å². The SMILES string of the molecule is O=C(NCCc1ccncc1)c1nc2c(o1)CN(C(=O)c1cccc(F)c1)C2. The number of aromatic nitrogens is 2. The molecule has 4 rings (SSSR count). The van der Waals surface area contributed by atoms with Crippen molar-refractivity contribution in [1.82, 2.24) is 20.2 Å². The molecule has 0 radical (unpaired) electrons. The van der Waals surface area contributed by atoms with Crippen molar-refractivity contribution >= 4 is 11.8 Å². The number of pyridine rings is 1. The van der Waals surface area contributed by atoms with Gasteiger partial charge in [-0.05, 0) is 42.3 Å². The van der Waals surface area contributed by atoms with Crippen LogP contribution in [0.2, 0.25) is 0 Å². The summed E-state index contributed by atoms with van der Waals surface area (Å²) in [5, 5.41) is 2.76. The highest BCUT2D eigenvalue weighted by atomic mass is 19.1. The van der Waals surface area contributed by atoms with Crippen LogP contribution < -0.4 is 5.32 Å². The van der Waals surface area contributed by atoms with Gasteiger partial charge in [0.2, 0.25) is 0 Å². The normalized spacial score (nSPS) is 12.7. The van der Waals surface area contributed by atoms with Crippen molar-refractivity contribution < 1.29 is 18.4 Å². The maximum atomic E-state index is 13.3. The Morgan fingerprint density at radius 2 is 2.00 bits per heavy atom. The monoisotopic (exact) mass is 380 g/mol. The molecule has 1 N–H and O–H groups in total. The quantitative estimate of drug-likeness (QED) is 0.734. The summed E-state index contributed by atoms with van der Waals surface area (Å²) >= 11 is 0. The van der Waals surface area contributed by atoms with Crippen LogP contribution in [0.1, 0.15) is 38.1 Å². The molecule has 0 spiro atoms. The minimum Gasteiger partial charge on any atom is -0.435 e. The first-order valence-corrected chi connectivity index (χ1v) is 8.80. The van der Waals surface area contributed by atoms with E-state index in [1.165, 1.54) is 23.1 Å². The van der Waals surface area contributed by atoms with Crippen molar-refractivity contribution in [1.29, 1.82) is 0 Å². The van der Waals surface area contributed by atoms with Crippen molar-refractivity contribution in [2.24, 2.45) is 0 Å². The lowest BCUT2D eigenvalue weighted by atomic mass is 10.2. The number of fused-ring (bicyclic) bond motifs is 1. The molecule has 0 atom stereocenters. The molecule has 28 heavy (non-hydrogen) atoms. The van der Waals surface area contributed by atoms with Gasteiger partial charge in [0.25, 0.3) is 11.8 Å². The molecule has 3 aromatic rings. The lowest BCUT2D eigenvalue weighted by Crippen LogP contribution is -2.27. The molecule has 1 aliphatic heterocycles. The predicted molar refractivity (Wildman–Crippen MR) is 96.8 cm³/mol. The Morgan fingerprint density at radius 3 is 2.75 bits per heavy atom. The number of hydrogen-bond acceptors (Lipinski definition) is 5. The van der Waals surface area contributed by atoms with Gasteiger partial charge in [0.05, 0.1) is 13.1 Å². The third kappa shape index (κ3) is 3.75. The maximum Gasteiger partial charge on any atom is 0.307 e. The summed E-state index contributed by atoms with van der Waals surface area (Å²) in [6.45, 7) is 0.862. The Labute approximate surface area is 160 Å². The van der Waals surface area contributed by atoms with Crippen LogP contribution in [0.15, 0.2) is 53.2 Å². The zero-order chi connectivity index (χ0) is 19.5. The summed E-state index contributed by atoms with van der Waals surface area (Å²) < 4.78 is 18.8. The van der Waals surface area contributed by atoms with E-state index in [-0.39, 0.29) is 30.5 Å². The van der Waals surface area contributed by atoms with E-state index >= 15 is 0 Å². The van der Waals surface area contributed by atoms with Gasteiger partial charge in [-0.15, -0.1) is 0 Å². The molecule has 0 aliphatic carbocycles. The molecule has 0 saturated heterocycles.